The third-order valence-electron chi connectivity index (χ3n) is 3.88. The molecule has 0 amide bonds. The van der Waals surface area contributed by atoms with E-state index in [2.05, 4.69) is 39.0 Å². The second kappa shape index (κ2) is 4.38. The van der Waals surface area contributed by atoms with E-state index in [1.165, 1.54) is 36.8 Å². The first-order valence-corrected chi connectivity index (χ1v) is 6.24. The monoisotopic (exact) mass is 202 g/mol. The van der Waals surface area contributed by atoms with Crippen LogP contribution in [0.2, 0.25) is 0 Å². The topological polar surface area (TPSA) is 0 Å². The van der Waals surface area contributed by atoms with Crippen molar-refractivity contribution in [3.05, 3.63) is 34.9 Å². The number of rotatable bonds is 1. The molecule has 0 spiro atoms. The molecule has 0 heteroatoms. The molecule has 0 radical (unpaired) electrons. The maximum atomic E-state index is 2.39. The molecule has 1 aliphatic carbocycles. The number of aryl methyl sites for hydroxylation is 2. The Morgan fingerprint density at radius 3 is 2.27 bits per heavy atom. The van der Waals surface area contributed by atoms with Crippen LogP contribution in [0.5, 0.6) is 0 Å². The maximum absolute atomic E-state index is 2.39. The zero-order chi connectivity index (χ0) is 10.8. The van der Waals surface area contributed by atoms with Crippen LogP contribution in [0.1, 0.15) is 55.2 Å². The van der Waals surface area contributed by atoms with Gasteiger partial charge >= 0.3 is 0 Å². The van der Waals surface area contributed by atoms with Gasteiger partial charge in [-0.3, -0.25) is 0 Å². The molecule has 0 unspecified atom stereocenters. The van der Waals surface area contributed by atoms with E-state index in [0.29, 0.717) is 0 Å². The highest BCUT2D eigenvalue weighted by molar-refractivity contribution is 5.33. The molecule has 15 heavy (non-hydrogen) atoms. The van der Waals surface area contributed by atoms with E-state index in [4.69, 9.17) is 0 Å². The van der Waals surface area contributed by atoms with Crippen molar-refractivity contribution in [2.45, 2.75) is 52.4 Å². The lowest BCUT2D eigenvalue weighted by Crippen LogP contribution is -2.11. The largest absolute Gasteiger partial charge is 0.0625 e. The van der Waals surface area contributed by atoms with Crippen molar-refractivity contribution in [2.75, 3.05) is 0 Å². The van der Waals surface area contributed by atoms with Gasteiger partial charge in [0, 0.05) is 0 Å². The fraction of sp³-hybridized carbons (Fsp3) is 0.600. The molecule has 82 valence electrons. The van der Waals surface area contributed by atoms with E-state index in [9.17, 15) is 0 Å². The molecular formula is C15H22. The van der Waals surface area contributed by atoms with Crippen molar-refractivity contribution in [3.8, 4) is 0 Å². The molecule has 0 aliphatic heterocycles. The summed E-state index contributed by atoms with van der Waals surface area (Å²) in [5, 5.41) is 0. The van der Waals surface area contributed by atoms with Gasteiger partial charge in [0.05, 0.1) is 0 Å². The minimum absolute atomic E-state index is 0.835. The third kappa shape index (κ3) is 2.42. The first-order chi connectivity index (χ1) is 7.16. The second-order valence-electron chi connectivity index (χ2n) is 5.32. The normalized spacial score (nSPS) is 26.6. The summed E-state index contributed by atoms with van der Waals surface area (Å²) in [6.07, 6.45) is 5.62. The molecule has 1 fully saturated rings. The third-order valence-corrected chi connectivity index (χ3v) is 3.88. The van der Waals surface area contributed by atoms with Crippen LogP contribution in [0.3, 0.4) is 0 Å². The molecule has 0 N–H and O–H groups in total. The fourth-order valence-electron chi connectivity index (χ4n) is 2.85. The average Bonchev–Trinajstić information content (AvgIpc) is 2.20. The summed E-state index contributed by atoms with van der Waals surface area (Å²) in [4.78, 5) is 0. The molecule has 1 saturated carbocycles. The predicted molar refractivity (Wildman–Crippen MR) is 66.3 cm³/mol. The molecule has 0 bridgehead atoms. The quantitative estimate of drug-likeness (QED) is 0.624. The van der Waals surface area contributed by atoms with Crippen molar-refractivity contribution in [1.82, 2.24) is 0 Å². The molecule has 0 aromatic heterocycles. The van der Waals surface area contributed by atoms with Gasteiger partial charge in [-0.25, -0.2) is 0 Å². The van der Waals surface area contributed by atoms with Crippen LogP contribution < -0.4 is 0 Å². The van der Waals surface area contributed by atoms with E-state index in [-0.39, 0.29) is 0 Å². The van der Waals surface area contributed by atoms with Crippen LogP contribution >= 0.6 is 0 Å². The van der Waals surface area contributed by atoms with Gasteiger partial charge in [-0.05, 0) is 49.7 Å². The summed E-state index contributed by atoms with van der Waals surface area (Å²) < 4.78 is 0. The summed E-state index contributed by atoms with van der Waals surface area (Å²) in [5.74, 6) is 1.79. The van der Waals surface area contributed by atoms with Gasteiger partial charge in [0.2, 0.25) is 0 Å². The SMILES string of the molecule is Cc1ccc(C2CCC(C)CC2)c(C)c1. The smallest absolute Gasteiger partial charge is 0.0159 e. The summed E-state index contributed by atoms with van der Waals surface area (Å²) in [7, 11) is 0. The van der Waals surface area contributed by atoms with E-state index in [1.54, 1.807) is 5.56 Å². The first kappa shape index (κ1) is 10.7. The van der Waals surface area contributed by atoms with Crippen LogP contribution in [0, 0.1) is 19.8 Å². The second-order valence-corrected chi connectivity index (χ2v) is 5.32. The van der Waals surface area contributed by atoms with Crippen LogP contribution in [-0.4, -0.2) is 0 Å². The minimum atomic E-state index is 0.835. The summed E-state index contributed by atoms with van der Waals surface area (Å²) in [6.45, 7) is 6.83. The fourth-order valence-corrected chi connectivity index (χ4v) is 2.85. The molecule has 0 saturated heterocycles. The van der Waals surface area contributed by atoms with Gasteiger partial charge in [-0.2, -0.15) is 0 Å². The van der Waals surface area contributed by atoms with Crippen molar-refractivity contribution < 1.29 is 0 Å². The highest BCUT2D eigenvalue weighted by Crippen LogP contribution is 2.36. The van der Waals surface area contributed by atoms with E-state index < -0.39 is 0 Å². The number of hydrogen-bond acceptors (Lipinski definition) is 0. The van der Waals surface area contributed by atoms with Gasteiger partial charge in [0.1, 0.15) is 0 Å². The molecular weight excluding hydrogens is 180 g/mol. The van der Waals surface area contributed by atoms with Crippen molar-refractivity contribution >= 4 is 0 Å². The standard InChI is InChI=1S/C15H22/c1-11-4-7-14(8-5-11)15-9-6-12(2)10-13(15)3/h6,9-11,14H,4-5,7-8H2,1-3H3. The van der Waals surface area contributed by atoms with Crippen LogP contribution in [0.25, 0.3) is 0 Å². The molecule has 1 aromatic rings. The molecule has 0 nitrogen and oxygen atoms in total. The van der Waals surface area contributed by atoms with Gasteiger partial charge in [0.15, 0.2) is 0 Å². The van der Waals surface area contributed by atoms with Crippen molar-refractivity contribution in [2.24, 2.45) is 5.92 Å². The minimum Gasteiger partial charge on any atom is -0.0625 e. The zero-order valence-corrected chi connectivity index (χ0v) is 10.2. The lowest BCUT2D eigenvalue weighted by Gasteiger charge is -2.27. The molecule has 0 atom stereocenters. The predicted octanol–water partition coefficient (Wildman–Crippen LogP) is 4.60. The Bertz CT molecular complexity index is 330. The summed E-state index contributed by atoms with van der Waals surface area (Å²) in [5.41, 5.74) is 4.49. The molecule has 1 aromatic carbocycles. The van der Waals surface area contributed by atoms with Gasteiger partial charge < -0.3 is 0 Å². The van der Waals surface area contributed by atoms with Crippen molar-refractivity contribution in [1.29, 1.82) is 0 Å². The van der Waals surface area contributed by atoms with E-state index in [1.807, 2.05) is 0 Å². The Morgan fingerprint density at radius 2 is 1.67 bits per heavy atom. The first-order valence-electron chi connectivity index (χ1n) is 6.24. The molecule has 0 heterocycles. The Kier molecular flexibility index (Phi) is 3.14. The van der Waals surface area contributed by atoms with Crippen molar-refractivity contribution in [3.63, 3.8) is 0 Å². The summed E-state index contributed by atoms with van der Waals surface area (Å²) >= 11 is 0. The van der Waals surface area contributed by atoms with Crippen LogP contribution in [-0.2, 0) is 0 Å². The maximum Gasteiger partial charge on any atom is -0.0159 e. The van der Waals surface area contributed by atoms with E-state index >= 15 is 0 Å². The zero-order valence-electron chi connectivity index (χ0n) is 10.2. The Hall–Kier alpha value is -0.780. The Labute approximate surface area is 93.7 Å². The van der Waals surface area contributed by atoms with Gasteiger partial charge in [-0.1, -0.05) is 43.5 Å². The van der Waals surface area contributed by atoms with E-state index in [0.717, 1.165) is 11.8 Å². The van der Waals surface area contributed by atoms with Gasteiger partial charge in [-0.15, -0.1) is 0 Å². The molecule has 2 rings (SSSR count). The van der Waals surface area contributed by atoms with Gasteiger partial charge in [0.25, 0.3) is 0 Å². The Morgan fingerprint density at radius 1 is 1.00 bits per heavy atom. The lowest BCUT2D eigenvalue weighted by molar-refractivity contribution is 0.347. The number of benzene rings is 1. The summed E-state index contributed by atoms with van der Waals surface area (Å²) in [6, 6.07) is 6.94. The van der Waals surface area contributed by atoms with Crippen LogP contribution in [0.15, 0.2) is 18.2 Å². The highest BCUT2D eigenvalue weighted by Gasteiger charge is 2.20. The average molecular weight is 202 g/mol. The molecule has 1 aliphatic rings. The lowest BCUT2D eigenvalue weighted by atomic mass is 9.78. The Balaban J connectivity index is 2.15. The van der Waals surface area contributed by atoms with Crippen LogP contribution in [0.4, 0.5) is 0 Å². The highest BCUT2D eigenvalue weighted by atomic mass is 14.3. The number of hydrogen-bond donors (Lipinski definition) is 0.